The predicted octanol–water partition coefficient (Wildman–Crippen LogP) is 4.61. The summed E-state index contributed by atoms with van der Waals surface area (Å²) in [5, 5.41) is 0. The van der Waals surface area contributed by atoms with Crippen molar-refractivity contribution in [2.75, 3.05) is 40.5 Å². The highest BCUT2D eigenvalue weighted by atomic mass is 35.5. The summed E-state index contributed by atoms with van der Waals surface area (Å²) in [7, 11) is 3.16. The average Bonchev–Trinajstić information content (AvgIpc) is 3.39. The maximum Gasteiger partial charge on any atom is 0.231 e. The molecule has 0 atom stereocenters. The number of rotatable bonds is 8. The number of hydrogen-bond donors (Lipinski definition) is 0. The summed E-state index contributed by atoms with van der Waals surface area (Å²) >= 11 is 0. The second-order valence-electron chi connectivity index (χ2n) is 7.46. The smallest absolute Gasteiger partial charge is 0.231 e. The number of allylic oxidation sites excluding steroid dienone is 1. The zero-order chi connectivity index (χ0) is 20.9. The van der Waals surface area contributed by atoms with Crippen molar-refractivity contribution in [2.24, 2.45) is 0 Å². The molecule has 6 nitrogen and oxygen atoms in total. The Hall–Kier alpha value is -2.70. The highest BCUT2D eigenvalue weighted by Gasteiger charge is 2.27. The first-order valence-corrected chi connectivity index (χ1v) is 10.3. The molecular weight excluding hydrogens is 418 g/mol. The number of halogens is 1. The molecule has 0 unspecified atom stereocenters. The lowest BCUT2D eigenvalue weighted by Crippen LogP contribution is -2.21. The first-order chi connectivity index (χ1) is 14.7. The molecule has 0 amide bonds. The van der Waals surface area contributed by atoms with Crippen LogP contribution >= 0.6 is 12.4 Å². The minimum Gasteiger partial charge on any atom is -0.493 e. The fourth-order valence-electron chi connectivity index (χ4n) is 3.84. The van der Waals surface area contributed by atoms with Crippen molar-refractivity contribution < 1.29 is 23.7 Å². The molecular formula is C24H28ClNO5. The van der Waals surface area contributed by atoms with Crippen LogP contribution in [0.5, 0.6) is 23.0 Å². The van der Waals surface area contributed by atoms with Gasteiger partial charge < -0.3 is 23.8 Å². The lowest BCUT2D eigenvalue weighted by Gasteiger charge is -2.14. The second-order valence-corrected chi connectivity index (χ2v) is 7.46. The maximum absolute atomic E-state index is 12.7. The van der Waals surface area contributed by atoms with Crippen LogP contribution in [0.2, 0.25) is 0 Å². The molecule has 166 valence electrons. The molecule has 4 rings (SSSR count). The van der Waals surface area contributed by atoms with E-state index in [0.717, 1.165) is 24.3 Å². The van der Waals surface area contributed by atoms with Crippen LogP contribution < -0.4 is 18.9 Å². The van der Waals surface area contributed by atoms with Gasteiger partial charge in [-0.15, -0.1) is 12.4 Å². The third-order valence-electron chi connectivity index (χ3n) is 5.43. The molecule has 1 saturated heterocycles. The summed E-state index contributed by atoms with van der Waals surface area (Å²) < 4.78 is 22.3. The molecule has 0 spiro atoms. The zero-order valence-electron chi connectivity index (χ0n) is 17.9. The van der Waals surface area contributed by atoms with E-state index in [1.807, 2.05) is 12.1 Å². The molecule has 31 heavy (non-hydrogen) atoms. The van der Waals surface area contributed by atoms with E-state index in [2.05, 4.69) is 4.90 Å². The topological polar surface area (TPSA) is 57.2 Å². The van der Waals surface area contributed by atoms with E-state index in [4.69, 9.17) is 18.9 Å². The zero-order valence-corrected chi connectivity index (χ0v) is 18.7. The molecule has 0 aliphatic carbocycles. The molecule has 2 heterocycles. The number of ether oxygens (including phenoxy) is 4. The standard InChI is InChI=1S/C24H27NO5.ClH/c1-27-20-9-6-17(14-22(20)28-2)15-23-24(26)19-8-7-18(16-21(19)30-23)29-13-5-12-25-10-3-4-11-25;/h6-9,14-16H,3-5,10-13H2,1-2H3;1H/b23-15-;. The Labute approximate surface area is 189 Å². The summed E-state index contributed by atoms with van der Waals surface area (Å²) in [6, 6.07) is 10.8. The first-order valence-electron chi connectivity index (χ1n) is 10.3. The van der Waals surface area contributed by atoms with Crippen LogP contribution in [0.1, 0.15) is 35.2 Å². The van der Waals surface area contributed by atoms with Crippen molar-refractivity contribution in [2.45, 2.75) is 19.3 Å². The van der Waals surface area contributed by atoms with Crippen LogP contribution in [-0.4, -0.2) is 51.1 Å². The molecule has 2 aliphatic heterocycles. The van der Waals surface area contributed by atoms with Gasteiger partial charge >= 0.3 is 0 Å². The van der Waals surface area contributed by atoms with Gasteiger partial charge in [0.05, 0.1) is 26.4 Å². The number of Topliss-reactive ketones (excluding diaryl/α,β-unsaturated/α-hetero) is 1. The van der Waals surface area contributed by atoms with Gasteiger partial charge in [0.1, 0.15) is 11.5 Å². The minimum atomic E-state index is -0.139. The molecule has 0 bridgehead atoms. The van der Waals surface area contributed by atoms with Gasteiger partial charge in [-0.25, -0.2) is 0 Å². The fourth-order valence-corrected chi connectivity index (χ4v) is 3.84. The Morgan fingerprint density at radius 1 is 1.03 bits per heavy atom. The summed E-state index contributed by atoms with van der Waals surface area (Å²) in [5.41, 5.74) is 1.34. The summed E-state index contributed by atoms with van der Waals surface area (Å²) in [6.07, 6.45) is 5.30. The SMILES string of the molecule is COc1ccc(/C=C2\Oc3cc(OCCCN4CCCC4)ccc3C2=O)cc1OC.Cl. The molecule has 0 saturated carbocycles. The number of fused-ring (bicyclic) bond motifs is 1. The Kier molecular flexibility index (Phi) is 7.82. The van der Waals surface area contributed by atoms with E-state index >= 15 is 0 Å². The Balaban J connectivity index is 0.00000272. The molecule has 0 N–H and O–H groups in total. The lowest BCUT2D eigenvalue weighted by atomic mass is 10.1. The van der Waals surface area contributed by atoms with Gasteiger partial charge in [0, 0.05) is 12.6 Å². The molecule has 0 aromatic heterocycles. The Bertz CT molecular complexity index is 953. The number of carbonyl (C=O) groups excluding carboxylic acids is 1. The Morgan fingerprint density at radius 2 is 1.81 bits per heavy atom. The molecule has 2 aromatic carbocycles. The summed E-state index contributed by atoms with van der Waals surface area (Å²) in [4.78, 5) is 15.2. The molecule has 1 fully saturated rings. The van der Waals surface area contributed by atoms with E-state index in [1.54, 1.807) is 44.6 Å². The third-order valence-corrected chi connectivity index (χ3v) is 5.43. The Morgan fingerprint density at radius 3 is 2.55 bits per heavy atom. The van der Waals surface area contributed by atoms with Gasteiger partial charge in [0.25, 0.3) is 0 Å². The van der Waals surface area contributed by atoms with Crippen molar-refractivity contribution >= 4 is 24.3 Å². The van der Waals surface area contributed by atoms with Crippen LogP contribution in [0.4, 0.5) is 0 Å². The highest BCUT2D eigenvalue weighted by Crippen LogP contribution is 2.36. The fraction of sp³-hybridized carbons (Fsp3) is 0.375. The monoisotopic (exact) mass is 445 g/mol. The number of benzene rings is 2. The molecule has 2 aromatic rings. The number of nitrogens with zero attached hydrogens (tertiary/aromatic N) is 1. The van der Waals surface area contributed by atoms with E-state index in [0.29, 0.717) is 29.4 Å². The number of likely N-dealkylation sites (tertiary alicyclic amines) is 1. The van der Waals surface area contributed by atoms with Crippen LogP contribution in [0.3, 0.4) is 0 Å². The van der Waals surface area contributed by atoms with E-state index < -0.39 is 0 Å². The van der Waals surface area contributed by atoms with Crippen molar-refractivity contribution in [3.8, 4) is 23.0 Å². The summed E-state index contributed by atoms with van der Waals surface area (Å²) in [5.74, 6) is 2.62. The predicted molar refractivity (Wildman–Crippen MR) is 122 cm³/mol. The van der Waals surface area contributed by atoms with Gasteiger partial charge in [-0.2, -0.15) is 0 Å². The maximum atomic E-state index is 12.7. The van der Waals surface area contributed by atoms with Gasteiger partial charge in [-0.05, 0) is 68.3 Å². The van der Waals surface area contributed by atoms with E-state index in [-0.39, 0.29) is 23.9 Å². The highest BCUT2D eigenvalue weighted by molar-refractivity contribution is 6.14. The number of ketones is 1. The molecule has 0 radical (unpaired) electrons. The number of methoxy groups -OCH3 is 2. The third kappa shape index (κ3) is 5.32. The quantitative estimate of drug-likeness (QED) is 0.437. The normalized spacial score (nSPS) is 16.6. The van der Waals surface area contributed by atoms with Crippen molar-refractivity contribution in [1.29, 1.82) is 0 Å². The first kappa shape index (κ1) is 23.0. The minimum absolute atomic E-state index is 0. The lowest BCUT2D eigenvalue weighted by molar-refractivity contribution is 0.101. The van der Waals surface area contributed by atoms with Gasteiger partial charge in [0.2, 0.25) is 5.78 Å². The summed E-state index contributed by atoms with van der Waals surface area (Å²) in [6.45, 7) is 4.11. The van der Waals surface area contributed by atoms with Crippen LogP contribution in [0.15, 0.2) is 42.2 Å². The van der Waals surface area contributed by atoms with Crippen LogP contribution in [0, 0.1) is 0 Å². The van der Waals surface area contributed by atoms with Crippen LogP contribution in [-0.2, 0) is 0 Å². The van der Waals surface area contributed by atoms with Gasteiger partial charge in [-0.3, -0.25) is 4.79 Å². The van der Waals surface area contributed by atoms with Crippen molar-refractivity contribution in [3.05, 3.63) is 53.3 Å². The number of carbonyl (C=O) groups is 1. The van der Waals surface area contributed by atoms with Crippen molar-refractivity contribution in [3.63, 3.8) is 0 Å². The number of hydrogen-bond acceptors (Lipinski definition) is 6. The van der Waals surface area contributed by atoms with Gasteiger partial charge in [0.15, 0.2) is 17.3 Å². The largest absolute Gasteiger partial charge is 0.493 e. The van der Waals surface area contributed by atoms with Crippen LogP contribution in [0.25, 0.3) is 6.08 Å². The molecule has 7 heteroatoms. The van der Waals surface area contributed by atoms with E-state index in [1.165, 1.54) is 25.9 Å². The van der Waals surface area contributed by atoms with Gasteiger partial charge in [-0.1, -0.05) is 6.07 Å². The average molecular weight is 446 g/mol. The second kappa shape index (κ2) is 10.6. The van der Waals surface area contributed by atoms with Crippen molar-refractivity contribution in [1.82, 2.24) is 4.90 Å². The van der Waals surface area contributed by atoms with E-state index in [9.17, 15) is 4.79 Å². The molecule has 2 aliphatic rings.